The topological polar surface area (TPSA) is 35.6 Å². The second kappa shape index (κ2) is 11.1. The van der Waals surface area contributed by atoms with E-state index < -0.39 is 0 Å². The molecule has 4 heteroatoms. The molecule has 0 fully saturated rings. The third kappa shape index (κ3) is 4.30. The van der Waals surface area contributed by atoms with Gasteiger partial charge < -0.3 is 4.57 Å². The first-order valence-corrected chi connectivity index (χ1v) is 18.3. The van der Waals surface area contributed by atoms with Gasteiger partial charge in [0.25, 0.3) is 0 Å². The molecule has 3 heterocycles. The summed E-state index contributed by atoms with van der Waals surface area (Å²) in [6.45, 7) is 4.70. The maximum Gasteiger partial charge on any atom is 0.162 e. The molecule has 0 radical (unpaired) electrons. The van der Waals surface area contributed by atoms with Crippen LogP contribution in [-0.4, -0.2) is 19.1 Å². The Morgan fingerprint density at radius 1 is 0.453 bits per heavy atom. The summed E-state index contributed by atoms with van der Waals surface area (Å²) in [6, 6.07) is 60.9. The number of fused-ring (bicyclic) bond motifs is 10. The Kier molecular flexibility index (Phi) is 6.27. The Bertz CT molecular complexity index is 3040. The number of hydrogen-bond donors (Lipinski definition) is 0. The largest absolute Gasteiger partial charge is 0.309 e. The second-order valence-corrected chi connectivity index (χ2v) is 14.6. The van der Waals surface area contributed by atoms with Gasteiger partial charge in [0.05, 0.1) is 27.8 Å². The molecular weight excluding hydrogens is 645 g/mol. The number of benzene rings is 7. The summed E-state index contributed by atoms with van der Waals surface area (Å²) >= 11 is 0. The molecule has 4 nitrogen and oxygen atoms in total. The summed E-state index contributed by atoms with van der Waals surface area (Å²) in [5.74, 6) is 1.53. The van der Waals surface area contributed by atoms with E-state index in [2.05, 4.69) is 175 Å². The minimum absolute atomic E-state index is 0.0960. The van der Waals surface area contributed by atoms with Gasteiger partial charge in [-0.1, -0.05) is 147 Å². The lowest BCUT2D eigenvalue weighted by atomic mass is 9.82. The van der Waals surface area contributed by atoms with Crippen LogP contribution in [0.5, 0.6) is 0 Å². The summed E-state index contributed by atoms with van der Waals surface area (Å²) in [5.41, 5.74) is 13.9. The summed E-state index contributed by atoms with van der Waals surface area (Å²) < 4.78 is 4.75. The lowest BCUT2D eigenvalue weighted by molar-refractivity contribution is 0.661. The van der Waals surface area contributed by atoms with E-state index in [1.165, 1.54) is 54.8 Å². The Balaban J connectivity index is 1.18. The highest BCUT2D eigenvalue weighted by Crippen LogP contribution is 2.53. The van der Waals surface area contributed by atoms with E-state index in [0.717, 1.165) is 39.4 Å². The van der Waals surface area contributed by atoms with Gasteiger partial charge in [0, 0.05) is 55.4 Å². The van der Waals surface area contributed by atoms with Gasteiger partial charge >= 0.3 is 0 Å². The van der Waals surface area contributed by atoms with E-state index in [1.807, 2.05) is 18.2 Å². The third-order valence-corrected chi connectivity index (χ3v) is 11.3. The van der Waals surface area contributed by atoms with Gasteiger partial charge in [0.15, 0.2) is 5.82 Å². The monoisotopic (exact) mass is 678 g/mol. The standard InChI is InChI=1S/C49H34N4/c1-49(2)39-23-10-6-22-38(39)46-40(49)28-27-37-36-21-9-11-24-42(36)52(47(37)46)33-18-14-17-32(29-33)41-30-45(51-48(50-41)31-15-4-3-5-16-31)53-43-25-12-7-19-34(43)35-20-8-13-26-44(35)53/h3-30H,1-2H3. The fourth-order valence-electron chi connectivity index (χ4n) is 8.90. The van der Waals surface area contributed by atoms with Crippen molar-refractivity contribution in [1.29, 1.82) is 0 Å². The van der Waals surface area contributed by atoms with Gasteiger partial charge in [0.1, 0.15) is 5.82 Å². The molecule has 7 aromatic carbocycles. The van der Waals surface area contributed by atoms with Gasteiger partial charge in [-0.15, -0.1) is 0 Å². The molecule has 11 rings (SSSR count). The smallest absolute Gasteiger partial charge is 0.162 e. The van der Waals surface area contributed by atoms with Gasteiger partial charge in [0.2, 0.25) is 0 Å². The van der Waals surface area contributed by atoms with Crippen molar-refractivity contribution in [2.45, 2.75) is 19.3 Å². The van der Waals surface area contributed by atoms with E-state index in [0.29, 0.717) is 5.82 Å². The SMILES string of the molecule is CC1(C)c2ccccc2-c2c1ccc1c3ccccc3n(-c3cccc(-c4cc(-n5c6ccccc6c6ccccc65)nc(-c5ccccc5)n4)c3)c21. The highest BCUT2D eigenvalue weighted by Gasteiger charge is 2.37. The van der Waals surface area contributed by atoms with Crippen LogP contribution in [0.1, 0.15) is 25.0 Å². The average molecular weight is 679 g/mol. The van der Waals surface area contributed by atoms with Crippen molar-refractivity contribution in [3.05, 3.63) is 181 Å². The van der Waals surface area contributed by atoms with Crippen LogP contribution >= 0.6 is 0 Å². The van der Waals surface area contributed by atoms with Crippen molar-refractivity contribution in [3.8, 4) is 45.3 Å². The molecule has 0 amide bonds. The van der Waals surface area contributed by atoms with Crippen LogP contribution < -0.4 is 0 Å². The average Bonchev–Trinajstić information content (AvgIpc) is 3.81. The van der Waals surface area contributed by atoms with Crippen LogP contribution in [0.4, 0.5) is 0 Å². The fraction of sp³-hybridized carbons (Fsp3) is 0.0612. The molecule has 1 aliphatic rings. The van der Waals surface area contributed by atoms with Gasteiger partial charge in [-0.25, -0.2) is 9.97 Å². The summed E-state index contributed by atoms with van der Waals surface area (Å²) in [7, 11) is 0. The molecule has 0 bridgehead atoms. The summed E-state index contributed by atoms with van der Waals surface area (Å²) in [4.78, 5) is 10.5. The molecule has 0 saturated carbocycles. The minimum atomic E-state index is -0.0960. The van der Waals surface area contributed by atoms with Crippen molar-refractivity contribution < 1.29 is 0 Å². The van der Waals surface area contributed by atoms with Crippen LogP contribution in [-0.2, 0) is 5.41 Å². The molecule has 0 saturated heterocycles. The first kappa shape index (κ1) is 29.9. The van der Waals surface area contributed by atoms with E-state index in [1.54, 1.807) is 0 Å². The van der Waals surface area contributed by atoms with Crippen LogP contribution in [0.2, 0.25) is 0 Å². The van der Waals surface area contributed by atoms with Crippen molar-refractivity contribution in [1.82, 2.24) is 19.1 Å². The number of nitrogens with zero attached hydrogens (tertiary/aromatic N) is 4. The van der Waals surface area contributed by atoms with E-state index in [-0.39, 0.29) is 5.41 Å². The number of aromatic nitrogens is 4. The van der Waals surface area contributed by atoms with Gasteiger partial charge in [-0.05, 0) is 47.0 Å². The summed E-state index contributed by atoms with van der Waals surface area (Å²) in [6.07, 6.45) is 0. The molecule has 0 unspecified atom stereocenters. The Hall–Kier alpha value is -6.78. The van der Waals surface area contributed by atoms with Crippen LogP contribution in [0.15, 0.2) is 170 Å². The number of rotatable bonds is 4. The lowest BCUT2D eigenvalue weighted by Crippen LogP contribution is -2.14. The predicted molar refractivity (Wildman–Crippen MR) is 219 cm³/mol. The zero-order valence-corrected chi connectivity index (χ0v) is 29.5. The van der Waals surface area contributed by atoms with E-state index in [9.17, 15) is 0 Å². The quantitative estimate of drug-likeness (QED) is 0.186. The van der Waals surface area contributed by atoms with Crippen molar-refractivity contribution in [2.24, 2.45) is 0 Å². The van der Waals surface area contributed by atoms with E-state index in [4.69, 9.17) is 9.97 Å². The molecule has 0 atom stereocenters. The van der Waals surface area contributed by atoms with Gasteiger partial charge in [-0.3, -0.25) is 4.57 Å². The van der Waals surface area contributed by atoms with Crippen LogP contribution in [0.3, 0.4) is 0 Å². The normalized spacial score (nSPS) is 13.2. The Labute approximate surface area is 307 Å². The molecule has 53 heavy (non-hydrogen) atoms. The Morgan fingerprint density at radius 2 is 1.06 bits per heavy atom. The van der Waals surface area contributed by atoms with Crippen molar-refractivity contribution >= 4 is 43.6 Å². The van der Waals surface area contributed by atoms with Crippen LogP contribution in [0, 0.1) is 0 Å². The lowest BCUT2D eigenvalue weighted by Gasteiger charge is -2.21. The number of hydrogen-bond acceptors (Lipinski definition) is 2. The Morgan fingerprint density at radius 3 is 1.79 bits per heavy atom. The van der Waals surface area contributed by atoms with Crippen LogP contribution in [0.25, 0.3) is 88.9 Å². The zero-order valence-electron chi connectivity index (χ0n) is 29.5. The van der Waals surface area contributed by atoms with Crippen molar-refractivity contribution in [2.75, 3.05) is 0 Å². The van der Waals surface area contributed by atoms with Crippen molar-refractivity contribution in [3.63, 3.8) is 0 Å². The molecule has 0 aliphatic heterocycles. The van der Waals surface area contributed by atoms with Gasteiger partial charge in [-0.2, -0.15) is 0 Å². The van der Waals surface area contributed by atoms with E-state index >= 15 is 0 Å². The maximum absolute atomic E-state index is 5.26. The second-order valence-electron chi connectivity index (χ2n) is 14.6. The first-order chi connectivity index (χ1) is 26.1. The zero-order chi connectivity index (χ0) is 35.3. The molecule has 3 aromatic heterocycles. The molecule has 0 spiro atoms. The third-order valence-electron chi connectivity index (χ3n) is 11.3. The maximum atomic E-state index is 5.26. The highest BCUT2D eigenvalue weighted by molar-refractivity contribution is 6.15. The highest BCUT2D eigenvalue weighted by atomic mass is 15.1. The minimum Gasteiger partial charge on any atom is -0.309 e. The molecule has 250 valence electrons. The summed E-state index contributed by atoms with van der Waals surface area (Å²) in [5, 5.41) is 4.92. The number of para-hydroxylation sites is 3. The molecule has 1 aliphatic carbocycles. The predicted octanol–water partition coefficient (Wildman–Crippen LogP) is 12.3. The molecular formula is C49H34N4. The first-order valence-electron chi connectivity index (χ1n) is 18.3. The molecule has 10 aromatic rings. The molecule has 0 N–H and O–H groups in total. The fourth-order valence-corrected chi connectivity index (χ4v) is 8.90.